The molecule has 0 radical (unpaired) electrons. The second-order valence-electron chi connectivity index (χ2n) is 2.23. The molecule has 56 valence electrons. The molecule has 0 aromatic heterocycles. The van der Waals surface area contributed by atoms with E-state index in [4.69, 9.17) is 16.9 Å². The van der Waals surface area contributed by atoms with Crippen molar-refractivity contribution in [2.45, 2.75) is 11.8 Å². The van der Waals surface area contributed by atoms with Crippen molar-refractivity contribution in [3.63, 3.8) is 0 Å². The van der Waals surface area contributed by atoms with Crippen LogP contribution >= 0.6 is 24.2 Å². The molecule has 1 rings (SSSR count). The number of hydrogen-bond donors (Lipinski definition) is 1. The predicted molar refractivity (Wildman–Crippen MR) is 48.2 cm³/mol. The van der Waals surface area contributed by atoms with Crippen LogP contribution in [-0.4, -0.2) is 0 Å². The van der Waals surface area contributed by atoms with E-state index < -0.39 is 0 Å². The van der Waals surface area contributed by atoms with Crippen molar-refractivity contribution in [1.29, 1.82) is 5.26 Å². The molecule has 0 unspecified atom stereocenters. The first-order valence-electron chi connectivity index (χ1n) is 3.04. The summed E-state index contributed by atoms with van der Waals surface area (Å²) in [6.45, 7) is 1.89. The Morgan fingerprint density at radius 1 is 1.55 bits per heavy atom. The van der Waals surface area contributed by atoms with Gasteiger partial charge in [-0.25, -0.2) is 0 Å². The Morgan fingerprint density at radius 3 is 2.73 bits per heavy atom. The summed E-state index contributed by atoms with van der Waals surface area (Å²) in [7, 11) is 0. The van der Waals surface area contributed by atoms with Gasteiger partial charge in [-0.05, 0) is 24.6 Å². The summed E-state index contributed by atoms with van der Waals surface area (Å²) < 4.78 is 0. The maximum atomic E-state index is 8.57. The molecule has 11 heavy (non-hydrogen) atoms. The highest BCUT2D eigenvalue weighted by Gasteiger charge is 2.01. The van der Waals surface area contributed by atoms with Crippen LogP contribution in [-0.2, 0) is 0 Å². The molecule has 0 spiro atoms. The molecule has 0 fully saturated rings. The molecule has 1 aromatic carbocycles. The van der Waals surface area contributed by atoms with E-state index in [2.05, 4.69) is 12.6 Å². The zero-order valence-corrected chi connectivity index (χ0v) is 7.58. The number of nitrogens with zero attached hydrogens (tertiary/aromatic N) is 1. The molecule has 0 bridgehead atoms. The van der Waals surface area contributed by atoms with Gasteiger partial charge in [0, 0.05) is 4.90 Å². The molecule has 0 aliphatic carbocycles. The summed E-state index contributed by atoms with van der Waals surface area (Å²) in [6.07, 6.45) is 0. The molecule has 0 saturated heterocycles. The Morgan fingerprint density at radius 2 is 2.18 bits per heavy atom. The number of benzene rings is 1. The Kier molecular flexibility index (Phi) is 2.43. The third-order valence-electron chi connectivity index (χ3n) is 1.41. The van der Waals surface area contributed by atoms with Gasteiger partial charge >= 0.3 is 0 Å². The van der Waals surface area contributed by atoms with Crippen LogP contribution in [0.4, 0.5) is 0 Å². The highest BCUT2D eigenvalue weighted by atomic mass is 35.5. The maximum absolute atomic E-state index is 8.57. The van der Waals surface area contributed by atoms with E-state index in [1.165, 1.54) is 0 Å². The standard InChI is InChI=1S/C8H6ClNS/c1-5-2-6(4-10)7(9)3-8(5)11/h2-3,11H,1H3. The van der Waals surface area contributed by atoms with Crippen molar-refractivity contribution >= 4 is 24.2 Å². The Hall–Kier alpha value is -0.650. The van der Waals surface area contributed by atoms with E-state index >= 15 is 0 Å². The molecule has 1 nitrogen and oxygen atoms in total. The Bertz CT molecular complexity index is 328. The second-order valence-corrected chi connectivity index (χ2v) is 3.12. The third kappa shape index (κ3) is 1.68. The lowest BCUT2D eigenvalue weighted by Crippen LogP contribution is -1.81. The number of hydrogen-bond acceptors (Lipinski definition) is 2. The van der Waals surface area contributed by atoms with Gasteiger partial charge in [0.05, 0.1) is 10.6 Å². The molecule has 3 heteroatoms. The average molecular weight is 184 g/mol. The SMILES string of the molecule is Cc1cc(C#N)c(Cl)cc1S. The number of rotatable bonds is 0. The maximum Gasteiger partial charge on any atom is 0.101 e. The van der Waals surface area contributed by atoms with Crippen LogP contribution in [0.3, 0.4) is 0 Å². The zero-order chi connectivity index (χ0) is 8.43. The first kappa shape index (κ1) is 8.45. The number of thiol groups is 1. The lowest BCUT2D eigenvalue weighted by Gasteiger charge is -2.00. The van der Waals surface area contributed by atoms with E-state index in [9.17, 15) is 0 Å². The van der Waals surface area contributed by atoms with Gasteiger partial charge in [-0.1, -0.05) is 11.6 Å². The van der Waals surface area contributed by atoms with Crippen LogP contribution in [0.1, 0.15) is 11.1 Å². The summed E-state index contributed by atoms with van der Waals surface area (Å²) >= 11 is 9.89. The lowest BCUT2D eigenvalue weighted by molar-refractivity contribution is 1.29. The van der Waals surface area contributed by atoms with Gasteiger partial charge in [0.15, 0.2) is 0 Å². The molecular weight excluding hydrogens is 178 g/mol. The number of nitriles is 1. The lowest BCUT2D eigenvalue weighted by atomic mass is 10.1. The quantitative estimate of drug-likeness (QED) is 0.615. The molecule has 0 heterocycles. The molecule has 0 amide bonds. The van der Waals surface area contributed by atoms with E-state index in [-0.39, 0.29) is 0 Å². The minimum atomic E-state index is 0.461. The first-order chi connectivity index (χ1) is 5.15. The molecule has 0 saturated carbocycles. The van der Waals surface area contributed by atoms with Gasteiger partial charge in [-0.2, -0.15) is 5.26 Å². The smallest absolute Gasteiger partial charge is 0.101 e. The first-order valence-corrected chi connectivity index (χ1v) is 3.87. The van der Waals surface area contributed by atoms with Crippen LogP contribution in [0.2, 0.25) is 5.02 Å². The van der Waals surface area contributed by atoms with E-state index in [1.54, 1.807) is 12.1 Å². The predicted octanol–water partition coefficient (Wildman–Crippen LogP) is 2.81. The minimum Gasteiger partial charge on any atom is -0.192 e. The van der Waals surface area contributed by atoms with Crippen LogP contribution in [0.15, 0.2) is 17.0 Å². The monoisotopic (exact) mass is 183 g/mol. The van der Waals surface area contributed by atoms with Crippen LogP contribution in [0.25, 0.3) is 0 Å². The fourth-order valence-electron chi connectivity index (χ4n) is 0.757. The van der Waals surface area contributed by atoms with Crippen molar-refractivity contribution in [2.75, 3.05) is 0 Å². The van der Waals surface area contributed by atoms with Crippen molar-refractivity contribution in [3.8, 4) is 6.07 Å². The van der Waals surface area contributed by atoms with Gasteiger partial charge in [-0.3, -0.25) is 0 Å². The Labute approximate surface area is 76.0 Å². The topological polar surface area (TPSA) is 23.8 Å². The Balaban J connectivity index is 3.35. The molecule has 0 aliphatic heterocycles. The third-order valence-corrected chi connectivity index (χ3v) is 2.20. The van der Waals surface area contributed by atoms with Crippen molar-refractivity contribution in [3.05, 3.63) is 28.3 Å². The minimum absolute atomic E-state index is 0.461. The van der Waals surface area contributed by atoms with Gasteiger partial charge in [0.2, 0.25) is 0 Å². The van der Waals surface area contributed by atoms with Gasteiger partial charge in [0.25, 0.3) is 0 Å². The molecule has 0 N–H and O–H groups in total. The largest absolute Gasteiger partial charge is 0.192 e. The number of aryl methyl sites for hydroxylation is 1. The highest BCUT2D eigenvalue weighted by Crippen LogP contribution is 2.22. The van der Waals surface area contributed by atoms with Crippen LogP contribution in [0.5, 0.6) is 0 Å². The summed E-state index contributed by atoms with van der Waals surface area (Å²) in [5.74, 6) is 0. The summed E-state index contributed by atoms with van der Waals surface area (Å²) in [4.78, 5) is 0.814. The number of halogens is 1. The van der Waals surface area contributed by atoms with Gasteiger partial charge in [0.1, 0.15) is 6.07 Å². The summed E-state index contributed by atoms with van der Waals surface area (Å²) in [5.41, 5.74) is 1.47. The zero-order valence-electron chi connectivity index (χ0n) is 5.93. The van der Waals surface area contributed by atoms with Gasteiger partial charge in [-0.15, -0.1) is 12.6 Å². The van der Waals surface area contributed by atoms with E-state index in [0.717, 1.165) is 10.5 Å². The summed E-state index contributed by atoms with van der Waals surface area (Å²) in [5, 5.41) is 9.04. The van der Waals surface area contributed by atoms with Crippen molar-refractivity contribution in [2.24, 2.45) is 0 Å². The fraction of sp³-hybridized carbons (Fsp3) is 0.125. The average Bonchev–Trinajstić information content (AvgIpc) is 1.97. The van der Waals surface area contributed by atoms with E-state index in [1.807, 2.05) is 13.0 Å². The molecule has 0 atom stereocenters. The van der Waals surface area contributed by atoms with E-state index in [0.29, 0.717) is 10.6 Å². The second kappa shape index (κ2) is 3.17. The highest BCUT2D eigenvalue weighted by molar-refractivity contribution is 7.80. The van der Waals surface area contributed by atoms with Crippen LogP contribution < -0.4 is 0 Å². The fourth-order valence-corrected chi connectivity index (χ4v) is 1.23. The summed E-state index contributed by atoms with van der Waals surface area (Å²) in [6, 6.07) is 5.40. The molecule has 1 aromatic rings. The van der Waals surface area contributed by atoms with Crippen LogP contribution in [0, 0.1) is 18.3 Å². The molecule has 0 aliphatic rings. The molecular formula is C8H6ClNS. The van der Waals surface area contributed by atoms with Crippen molar-refractivity contribution < 1.29 is 0 Å². The normalized spacial score (nSPS) is 9.27. The van der Waals surface area contributed by atoms with Gasteiger partial charge < -0.3 is 0 Å². The van der Waals surface area contributed by atoms with Crippen molar-refractivity contribution in [1.82, 2.24) is 0 Å².